The average molecular weight is 481 g/mol. The van der Waals surface area contributed by atoms with Gasteiger partial charge in [0, 0.05) is 35.8 Å². The molecule has 0 radical (unpaired) electrons. The number of carboxylic acids is 3. The van der Waals surface area contributed by atoms with Gasteiger partial charge in [0.25, 0.3) is 0 Å². The first-order chi connectivity index (χ1) is 15.3. The molecule has 0 fully saturated rings. The van der Waals surface area contributed by atoms with Gasteiger partial charge in [0.1, 0.15) is 11.7 Å². The lowest BCUT2D eigenvalue weighted by molar-refractivity contribution is -0.138. The van der Waals surface area contributed by atoms with Crippen molar-refractivity contribution in [1.29, 1.82) is 0 Å². The fraction of sp³-hybridized carbons (Fsp3) is 0.455. The highest BCUT2D eigenvalue weighted by molar-refractivity contribution is 8.16. The van der Waals surface area contributed by atoms with E-state index in [1.807, 2.05) is 4.57 Å². The topological polar surface area (TPSA) is 130 Å². The molecule has 0 bridgehead atoms. The summed E-state index contributed by atoms with van der Waals surface area (Å²) in [6.07, 6.45) is 4.37. The molecule has 1 aromatic heterocycles. The monoisotopic (exact) mass is 480 g/mol. The van der Waals surface area contributed by atoms with E-state index in [9.17, 15) is 19.5 Å². The quantitative estimate of drug-likeness (QED) is 0.255. The standard InChI is InChI=1S/C22H28N2O6S2/c1-2-3-4-19-23-11-18(17(22(29)30)13-32-14-31-10-9-20(25)26)24(19)12-15-5-7-16(8-6-15)21(27)28/h5-8,11,17H,2-4,9-10,12-14H2,1H3,(H,25,26)(H,27,28)(H,29,30). The fourth-order valence-electron chi connectivity index (χ4n) is 3.09. The normalized spacial score (nSPS) is 11.9. The molecule has 1 atom stereocenters. The van der Waals surface area contributed by atoms with Crippen LogP contribution in [0.4, 0.5) is 0 Å². The number of thioether (sulfide) groups is 2. The SMILES string of the molecule is CCCCc1ncc(C(CSCSCCC(=O)O)C(=O)O)n1Cc1ccc(C(=O)O)cc1. The zero-order valence-corrected chi connectivity index (χ0v) is 19.5. The number of aryl methyl sites for hydroxylation is 1. The Balaban J connectivity index is 2.17. The van der Waals surface area contributed by atoms with Crippen LogP contribution in [0.1, 0.15) is 59.5 Å². The fourth-order valence-corrected chi connectivity index (χ4v) is 5.28. The predicted octanol–water partition coefficient (Wildman–Crippen LogP) is 4.04. The smallest absolute Gasteiger partial charge is 0.335 e. The molecule has 3 N–H and O–H groups in total. The van der Waals surface area contributed by atoms with Crippen LogP contribution < -0.4 is 0 Å². The summed E-state index contributed by atoms with van der Waals surface area (Å²) in [5.41, 5.74) is 1.69. The summed E-state index contributed by atoms with van der Waals surface area (Å²) in [6, 6.07) is 6.55. The summed E-state index contributed by atoms with van der Waals surface area (Å²) < 4.78 is 1.93. The molecule has 1 heterocycles. The van der Waals surface area contributed by atoms with Crippen molar-refractivity contribution in [2.75, 3.05) is 16.6 Å². The number of aromatic carboxylic acids is 1. The maximum Gasteiger partial charge on any atom is 0.335 e. The molecule has 1 aromatic carbocycles. The number of aliphatic carboxylic acids is 2. The van der Waals surface area contributed by atoms with Crippen molar-refractivity contribution < 1.29 is 29.7 Å². The largest absolute Gasteiger partial charge is 0.481 e. The number of imidazole rings is 1. The minimum atomic E-state index is -0.993. The molecule has 0 amide bonds. The molecule has 1 unspecified atom stereocenters. The second kappa shape index (κ2) is 13.2. The van der Waals surface area contributed by atoms with Crippen molar-refractivity contribution in [3.05, 3.63) is 53.1 Å². The van der Waals surface area contributed by atoms with E-state index in [1.165, 1.54) is 23.5 Å². The summed E-state index contributed by atoms with van der Waals surface area (Å²) >= 11 is 2.94. The molecule has 10 heteroatoms. The summed E-state index contributed by atoms with van der Waals surface area (Å²) in [5.74, 6) is -1.86. The van der Waals surface area contributed by atoms with E-state index in [-0.39, 0.29) is 12.0 Å². The van der Waals surface area contributed by atoms with Gasteiger partial charge in [-0.25, -0.2) is 9.78 Å². The van der Waals surface area contributed by atoms with Crippen LogP contribution in [0.3, 0.4) is 0 Å². The van der Waals surface area contributed by atoms with Gasteiger partial charge < -0.3 is 19.9 Å². The van der Waals surface area contributed by atoms with Crippen LogP contribution in [0.5, 0.6) is 0 Å². The molecule has 0 aliphatic rings. The molecule has 174 valence electrons. The van der Waals surface area contributed by atoms with E-state index in [0.29, 0.717) is 28.8 Å². The lowest BCUT2D eigenvalue weighted by Gasteiger charge is -2.17. The van der Waals surface area contributed by atoms with Gasteiger partial charge in [0.05, 0.1) is 17.7 Å². The number of unbranched alkanes of at least 4 members (excludes halogenated alkanes) is 1. The van der Waals surface area contributed by atoms with Crippen molar-refractivity contribution >= 4 is 41.4 Å². The highest BCUT2D eigenvalue weighted by Crippen LogP contribution is 2.26. The first-order valence-electron chi connectivity index (χ1n) is 10.3. The summed E-state index contributed by atoms with van der Waals surface area (Å²) in [6.45, 7) is 2.49. The van der Waals surface area contributed by atoms with Crippen molar-refractivity contribution in [2.45, 2.75) is 45.1 Å². The molecule has 0 aliphatic carbocycles. The summed E-state index contributed by atoms with van der Waals surface area (Å²) in [4.78, 5) is 38.3. The van der Waals surface area contributed by atoms with E-state index < -0.39 is 23.8 Å². The molecular formula is C22H28N2O6S2. The molecule has 0 aliphatic heterocycles. The predicted molar refractivity (Wildman–Crippen MR) is 126 cm³/mol. The first-order valence-corrected chi connectivity index (χ1v) is 12.6. The van der Waals surface area contributed by atoms with Crippen LogP contribution in [0.25, 0.3) is 0 Å². The number of nitrogens with zero attached hydrogens (tertiary/aromatic N) is 2. The number of hydrogen-bond donors (Lipinski definition) is 3. The van der Waals surface area contributed by atoms with Crippen LogP contribution in [-0.4, -0.2) is 59.4 Å². The number of hydrogen-bond acceptors (Lipinski definition) is 6. The van der Waals surface area contributed by atoms with Crippen LogP contribution in [0, 0.1) is 0 Å². The van der Waals surface area contributed by atoms with E-state index in [0.717, 1.165) is 30.7 Å². The third-order valence-corrected chi connectivity index (χ3v) is 7.23. The lowest BCUT2D eigenvalue weighted by atomic mass is 10.1. The van der Waals surface area contributed by atoms with Crippen LogP contribution in [0.15, 0.2) is 30.5 Å². The average Bonchev–Trinajstić information content (AvgIpc) is 3.13. The van der Waals surface area contributed by atoms with E-state index in [4.69, 9.17) is 10.2 Å². The molecular weight excluding hydrogens is 452 g/mol. The Morgan fingerprint density at radius 1 is 1.09 bits per heavy atom. The van der Waals surface area contributed by atoms with Gasteiger partial charge in [0.2, 0.25) is 0 Å². The second-order valence-corrected chi connectivity index (χ2v) is 9.72. The highest BCUT2D eigenvalue weighted by Gasteiger charge is 2.25. The van der Waals surface area contributed by atoms with Crippen molar-refractivity contribution in [2.24, 2.45) is 0 Å². The molecule has 32 heavy (non-hydrogen) atoms. The molecule has 0 saturated heterocycles. The minimum Gasteiger partial charge on any atom is -0.481 e. The first kappa shape index (κ1) is 25.8. The van der Waals surface area contributed by atoms with E-state index in [2.05, 4.69) is 11.9 Å². The van der Waals surface area contributed by atoms with Gasteiger partial charge in [-0.2, -0.15) is 11.8 Å². The Bertz CT molecular complexity index is 914. The van der Waals surface area contributed by atoms with Crippen LogP contribution >= 0.6 is 23.5 Å². The number of rotatable bonds is 15. The molecule has 8 nitrogen and oxygen atoms in total. The Hall–Kier alpha value is -2.46. The maximum atomic E-state index is 12.1. The number of benzene rings is 1. The molecule has 2 aromatic rings. The third kappa shape index (κ3) is 7.90. The molecule has 0 spiro atoms. The molecule has 0 saturated carbocycles. The van der Waals surface area contributed by atoms with Crippen molar-refractivity contribution in [1.82, 2.24) is 9.55 Å². The van der Waals surface area contributed by atoms with Gasteiger partial charge >= 0.3 is 17.9 Å². The van der Waals surface area contributed by atoms with Gasteiger partial charge in [-0.05, 0) is 24.1 Å². The van der Waals surface area contributed by atoms with Crippen molar-refractivity contribution in [3.63, 3.8) is 0 Å². The van der Waals surface area contributed by atoms with Gasteiger partial charge in [-0.1, -0.05) is 25.5 Å². The zero-order chi connectivity index (χ0) is 23.5. The van der Waals surface area contributed by atoms with E-state index >= 15 is 0 Å². The maximum absolute atomic E-state index is 12.1. The lowest BCUT2D eigenvalue weighted by Crippen LogP contribution is -2.20. The van der Waals surface area contributed by atoms with E-state index in [1.54, 1.807) is 30.5 Å². The number of carboxylic acid groups (broad SMARTS) is 3. The second-order valence-electron chi connectivity index (χ2n) is 7.22. The highest BCUT2D eigenvalue weighted by atomic mass is 32.2. The Kier molecular flexibility index (Phi) is 10.6. The van der Waals surface area contributed by atoms with Gasteiger partial charge in [0.15, 0.2) is 0 Å². The number of carbonyl (C=O) groups is 3. The Morgan fingerprint density at radius 2 is 1.81 bits per heavy atom. The van der Waals surface area contributed by atoms with Gasteiger partial charge in [-0.3, -0.25) is 9.59 Å². The zero-order valence-electron chi connectivity index (χ0n) is 17.9. The van der Waals surface area contributed by atoms with Crippen molar-refractivity contribution in [3.8, 4) is 0 Å². The van der Waals surface area contributed by atoms with Gasteiger partial charge in [-0.15, -0.1) is 11.8 Å². The van der Waals surface area contributed by atoms with Crippen LogP contribution in [0.2, 0.25) is 0 Å². The third-order valence-electron chi connectivity index (χ3n) is 4.83. The summed E-state index contributed by atoms with van der Waals surface area (Å²) in [5, 5.41) is 28.3. The number of aromatic nitrogens is 2. The molecule has 2 rings (SSSR count). The Labute approximate surface area is 195 Å². The minimum absolute atomic E-state index is 0.0851. The Morgan fingerprint density at radius 3 is 2.41 bits per heavy atom. The van der Waals surface area contributed by atoms with Crippen LogP contribution in [-0.2, 0) is 22.6 Å². The summed E-state index contributed by atoms with van der Waals surface area (Å²) in [7, 11) is 0.